The van der Waals surface area contributed by atoms with E-state index in [1.54, 1.807) is 24.4 Å². The molecule has 0 aliphatic carbocycles. The fourth-order valence-corrected chi connectivity index (χ4v) is 1.69. The number of hydrogen-bond donors (Lipinski definition) is 0. The topological polar surface area (TPSA) is 15.6 Å². The Balaban J connectivity index is 6.12. The number of aliphatic imine (C=N–C) groups is 1. The molecule has 2 nitrogen and oxygen atoms in total. The summed E-state index contributed by atoms with van der Waals surface area (Å²) in [6.45, 7) is 20.7. The minimum absolute atomic E-state index is 0.685. The molecule has 0 bridgehead atoms. The van der Waals surface area contributed by atoms with Crippen LogP contribution in [0.4, 0.5) is 0 Å². The summed E-state index contributed by atoms with van der Waals surface area (Å²) >= 11 is 0. The molecule has 0 amide bonds. The SMILES string of the molecule is C=C/C=C\C(=C/C=C)N(C=C)C(=N\C=C)/C(/C=C\C)=C/C=C. The average molecular weight is 292 g/mol. The third-order valence-corrected chi connectivity index (χ3v) is 2.50. The predicted octanol–water partition coefficient (Wildman–Crippen LogP) is 5.47. The van der Waals surface area contributed by atoms with Crippen LogP contribution in [0.15, 0.2) is 116 Å². The van der Waals surface area contributed by atoms with Gasteiger partial charge in [0.15, 0.2) is 0 Å². The first-order valence-electron chi connectivity index (χ1n) is 6.88. The minimum Gasteiger partial charge on any atom is -0.302 e. The molecule has 0 rings (SSSR count). The second-order valence-corrected chi connectivity index (χ2v) is 3.97. The molecule has 0 unspecified atom stereocenters. The predicted molar refractivity (Wildman–Crippen MR) is 100 cm³/mol. The fraction of sp³-hybridized carbons (Fsp3) is 0.0500. The number of nitrogens with zero attached hydrogens (tertiary/aromatic N) is 2. The first kappa shape index (κ1) is 19.1. The van der Waals surface area contributed by atoms with Crippen molar-refractivity contribution in [3.05, 3.63) is 111 Å². The van der Waals surface area contributed by atoms with E-state index in [1.807, 2.05) is 48.3 Å². The Hall–Kier alpha value is -2.87. The number of allylic oxidation sites excluding steroid dienone is 8. The molecule has 0 radical (unpaired) electrons. The molecule has 0 aromatic rings. The maximum absolute atomic E-state index is 4.38. The van der Waals surface area contributed by atoms with E-state index in [-0.39, 0.29) is 0 Å². The largest absolute Gasteiger partial charge is 0.302 e. The lowest BCUT2D eigenvalue weighted by molar-refractivity contribution is 0.716. The van der Waals surface area contributed by atoms with E-state index < -0.39 is 0 Å². The van der Waals surface area contributed by atoms with E-state index in [0.717, 1.165) is 11.3 Å². The summed E-state index contributed by atoms with van der Waals surface area (Å²) in [7, 11) is 0. The van der Waals surface area contributed by atoms with Crippen LogP contribution in [0.2, 0.25) is 0 Å². The lowest BCUT2D eigenvalue weighted by atomic mass is 10.1. The van der Waals surface area contributed by atoms with Gasteiger partial charge in [0.2, 0.25) is 0 Å². The van der Waals surface area contributed by atoms with E-state index >= 15 is 0 Å². The van der Waals surface area contributed by atoms with Crippen molar-refractivity contribution >= 4 is 5.84 Å². The zero-order valence-electron chi connectivity index (χ0n) is 13.3. The van der Waals surface area contributed by atoms with E-state index in [1.165, 1.54) is 6.20 Å². The molecule has 2 heteroatoms. The Morgan fingerprint density at radius 1 is 0.909 bits per heavy atom. The van der Waals surface area contributed by atoms with Crippen molar-refractivity contribution in [3.8, 4) is 0 Å². The highest BCUT2D eigenvalue weighted by Gasteiger charge is 2.13. The standard InChI is InChI=1S/C20H24N2/c1-7-13-17-19(16-10-4)22(12-6)20(21-11-5)18(14-8-2)15-9-3/h7-17H,1-2,4-6H2,3H3/b15-9-,17-13-,18-14+,19-16+,21-20-. The zero-order valence-corrected chi connectivity index (χ0v) is 13.3. The third-order valence-electron chi connectivity index (χ3n) is 2.50. The summed E-state index contributed by atoms with van der Waals surface area (Å²) in [4.78, 5) is 6.22. The van der Waals surface area contributed by atoms with Gasteiger partial charge in [0.05, 0.1) is 0 Å². The van der Waals surface area contributed by atoms with Gasteiger partial charge in [0.25, 0.3) is 0 Å². The molecule has 0 heterocycles. The van der Waals surface area contributed by atoms with Crippen LogP contribution in [0.3, 0.4) is 0 Å². The average Bonchev–Trinajstić information content (AvgIpc) is 2.52. The van der Waals surface area contributed by atoms with E-state index in [4.69, 9.17) is 0 Å². The van der Waals surface area contributed by atoms with Crippen LogP contribution in [-0.2, 0) is 0 Å². The highest BCUT2D eigenvalue weighted by atomic mass is 15.2. The lowest BCUT2D eigenvalue weighted by Crippen LogP contribution is -2.25. The summed E-state index contributed by atoms with van der Waals surface area (Å²) in [6, 6.07) is 0. The molecule has 0 saturated heterocycles. The summed E-state index contributed by atoms with van der Waals surface area (Å²) in [5.74, 6) is 0.685. The molecule has 0 N–H and O–H groups in total. The first-order chi connectivity index (χ1) is 10.7. The summed E-state index contributed by atoms with van der Waals surface area (Å²) < 4.78 is 0. The maximum atomic E-state index is 4.38. The quantitative estimate of drug-likeness (QED) is 0.312. The van der Waals surface area contributed by atoms with Gasteiger partial charge in [-0.05, 0) is 19.1 Å². The van der Waals surface area contributed by atoms with Crippen molar-refractivity contribution in [2.75, 3.05) is 0 Å². The smallest absolute Gasteiger partial charge is 0.144 e. The minimum atomic E-state index is 0.685. The van der Waals surface area contributed by atoms with Crippen LogP contribution in [0.1, 0.15) is 6.92 Å². The van der Waals surface area contributed by atoms with Crippen molar-refractivity contribution in [3.63, 3.8) is 0 Å². The second-order valence-electron chi connectivity index (χ2n) is 3.97. The summed E-state index contributed by atoms with van der Waals surface area (Å²) in [6.07, 6.45) is 19.7. The lowest BCUT2D eigenvalue weighted by Gasteiger charge is -2.23. The molecule has 0 aliphatic heterocycles. The van der Waals surface area contributed by atoms with Gasteiger partial charge < -0.3 is 4.90 Å². The molecule has 0 aromatic heterocycles. The van der Waals surface area contributed by atoms with Crippen LogP contribution in [0.5, 0.6) is 0 Å². The van der Waals surface area contributed by atoms with Gasteiger partial charge in [-0.3, -0.25) is 0 Å². The van der Waals surface area contributed by atoms with E-state index in [0.29, 0.717) is 5.84 Å². The Morgan fingerprint density at radius 3 is 2.05 bits per heavy atom. The van der Waals surface area contributed by atoms with Crippen LogP contribution in [0, 0.1) is 0 Å². The van der Waals surface area contributed by atoms with Gasteiger partial charge in [0.1, 0.15) is 5.84 Å². The van der Waals surface area contributed by atoms with Crippen molar-refractivity contribution in [2.24, 2.45) is 4.99 Å². The van der Waals surface area contributed by atoms with Crippen LogP contribution >= 0.6 is 0 Å². The monoisotopic (exact) mass is 292 g/mol. The Kier molecular flexibility index (Phi) is 10.4. The van der Waals surface area contributed by atoms with E-state index in [9.17, 15) is 0 Å². The molecular weight excluding hydrogens is 268 g/mol. The van der Waals surface area contributed by atoms with Gasteiger partial charge in [-0.1, -0.05) is 75.4 Å². The van der Waals surface area contributed by atoms with Gasteiger partial charge in [-0.2, -0.15) is 0 Å². The summed E-state index contributed by atoms with van der Waals surface area (Å²) in [5, 5.41) is 0. The van der Waals surface area contributed by atoms with E-state index in [2.05, 4.69) is 37.9 Å². The second kappa shape index (κ2) is 11.9. The zero-order chi connectivity index (χ0) is 16.8. The Labute approximate surface area is 134 Å². The van der Waals surface area contributed by atoms with Crippen molar-refractivity contribution in [2.45, 2.75) is 6.92 Å². The highest BCUT2D eigenvalue weighted by Crippen LogP contribution is 2.16. The molecule has 0 saturated carbocycles. The van der Waals surface area contributed by atoms with Crippen LogP contribution in [-0.4, -0.2) is 10.7 Å². The molecule has 0 atom stereocenters. The normalized spacial score (nSPS) is 13.2. The molecule has 22 heavy (non-hydrogen) atoms. The first-order valence-corrected chi connectivity index (χ1v) is 6.88. The number of amidine groups is 1. The van der Waals surface area contributed by atoms with Gasteiger partial charge in [-0.15, -0.1) is 0 Å². The molecule has 0 aromatic carbocycles. The van der Waals surface area contributed by atoms with Gasteiger partial charge in [-0.25, -0.2) is 4.99 Å². The Bertz CT molecular complexity index is 567. The van der Waals surface area contributed by atoms with Crippen molar-refractivity contribution < 1.29 is 0 Å². The van der Waals surface area contributed by atoms with Gasteiger partial charge in [0, 0.05) is 23.7 Å². The third kappa shape index (κ3) is 6.06. The number of hydrogen-bond acceptors (Lipinski definition) is 1. The molecule has 0 spiro atoms. The molecular formula is C20H24N2. The van der Waals surface area contributed by atoms with Crippen LogP contribution < -0.4 is 0 Å². The van der Waals surface area contributed by atoms with Crippen molar-refractivity contribution in [1.29, 1.82) is 0 Å². The fourth-order valence-electron chi connectivity index (χ4n) is 1.69. The molecule has 0 fully saturated rings. The number of rotatable bonds is 9. The van der Waals surface area contributed by atoms with Crippen molar-refractivity contribution in [1.82, 2.24) is 4.90 Å². The highest BCUT2D eigenvalue weighted by molar-refractivity contribution is 6.03. The Morgan fingerprint density at radius 2 is 1.59 bits per heavy atom. The summed E-state index contributed by atoms with van der Waals surface area (Å²) in [5.41, 5.74) is 1.74. The van der Waals surface area contributed by atoms with Crippen LogP contribution in [0.25, 0.3) is 0 Å². The molecule has 0 aliphatic rings. The van der Waals surface area contributed by atoms with Gasteiger partial charge >= 0.3 is 0 Å². The maximum Gasteiger partial charge on any atom is 0.144 e. The molecule has 114 valence electrons.